The Morgan fingerprint density at radius 3 is 2.19 bits per heavy atom. The number of phenols is 1. The number of hydrogen-bond donors (Lipinski definition) is 2. The summed E-state index contributed by atoms with van der Waals surface area (Å²) in [6.07, 6.45) is 0. The predicted molar refractivity (Wildman–Crippen MR) is 121 cm³/mol. The number of carbonyl (C=O) groups excluding carboxylic acids is 3. The number of nitrogens with one attached hydrogen (secondary N) is 1. The molecule has 0 aliphatic carbocycles. The third-order valence-electron chi connectivity index (χ3n) is 4.91. The fourth-order valence-corrected chi connectivity index (χ4v) is 3.22. The zero-order chi connectivity index (χ0) is 22.7. The highest BCUT2D eigenvalue weighted by Gasteiger charge is 2.11. The molecule has 0 fully saturated rings. The highest BCUT2D eigenvalue weighted by molar-refractivity contribution is 6.06. The number of anilines is 1. The standard InChI is InChI=1S/C26H19NO5/c1-16(28)17-3-2-4-20(13-17)25(30)27-22-8-11-24(12-9-22)32-26(31)21-6-5-19-15-23(29)10-7-18(19)14-21/h2-15,29H,1H3,(H,27,30). The first-order valence-corrected chi connectivity index (χ1v) is 9.86. The van der Waals surface area contributed by atoms with Gasteiger partial charge in [-0.3, -0.25) is 9.59 Å². The molecule has 4 rings (SSSR count). The second-order valence-corrected chi connectivity index (χ2v) is 7.25. The normalized spacial score (nSPS) is 10.5. The number of Topliss-reactive ketones (excluding diaryl/α,β-unsaturated/α-hetero) is 1. The van der Waals surface area contributed by atoms with E-state index in [1.54, 1.807) is 84.9 Å². The molecule has 32 heavy (non-hydrogen) atoms. The maximum absolute atomic E-state index is 12.5. The number of ether oxygens (including phenoxy) is 1. The SMILES string of the molecule is CC(=O)c1cccc(C(=O)Nc2ccc(OC(=O)c3ccc4cc(O)ccc4c3)cc2)c1. The van der Waals surface area contributed by atoms with Crippen LogP contribution in [-0.4, -0.2) is 22.8 Å². The van der Waals surface area contributed by atoms with Gasteiger partial charge in [0.25, 0.3) is 5.91 Å². The number of amides is 1. The molecule has 0 spiro atoms. The monoisotopic (exact) mass is 425 g/mol. The number of fused-ring (bicyclic) bond motifs is 1. The Kier molecular flexibility index (Phi) is 5.68. The molecule has 6 heteroatoms. The lowest BCUT2D eigenvalue weighted by atomic mass is 10.1. The van der Waals surface area contributed by atoms with E-state index in [-0.39, 0.29) is 17.4 Å². The van der Waals surface area contributed by atoms with Crippen molar-refractivity contribution in [2.24, 2.45) is 0 Å². The van der Waals surface area contributed by atoms with Crippen molar-refractivity contribution in [3.63, 3.8) is 0 Å². The average molecular weight is 425 g/mol. The summed E-state index contributed by atoms with van der Waals surface area (Å²) in [6.45, 7) is 1.44. The minimum Gasteiger partial charge on any atom is -0.508 e. The molecule has 0 saturated carbocycles. The number of carbonyl (C=O) groups is 3. The second-order valence-electron chi connectivity index (χ2n) is 7.25. The number of rotatable bonds is 5. The summed E-state index contributed by atoms with van der Waals surface area (Å²) in [7, 11) is 0. The van der Waals surface area contributed by atoms with Crippen molar-refractivity contribution in [3.8, 4) is 11.5 Å². The van der Waals surface area contributed by atoms with Crippen LogP contribution in [0.5, 0.6) is 11.5 Å². The van der Waals surface area contributed by atoms with E-state index in [2.05, 4.69) is 5.32 Å². The Morgan fingerprint density at radius 1 is 0.750 bits per heavy atom. The Balaban J connectivity index is 1.43. The lowest BCUT2D eigenvalue weighted by Crippen LogP contribution is -2.12. The Bertz CT molecular complexity index is 1340. The molecule has 0 aliphatic heterocycles. The summed E-state index contributed by atoms with van der Waals surface area (Å²) >= 11 is 0. The highest BCUT2D eigenvalue weighted by atomic mass is 16.5. The van der Waals surface area contributed by atoms with Crippen molar-refractivity contribution < 1.29 is 24.2 Å². The number of esters is 1. The molecular weight excluding hydrogens is 406 g/mol. The minimum absolute atomic E-state index is 0.115. The van der Waals surface area contributed by atoms with Crippen molar-refractivity contribution in [3.05, 3.63) is 102 Å². The molecule has 158 valence electrons. The van der Waals surface area contributed by atoms with Gasteiger partial charge in [-0.05, 0) is 78.4 Å². The summed E-state index contributed by atoms with van der Waals surface area (Å²) in [6, 6.07) is 22.9. The molecule has 0 bridgehead atoms. The van der Waals surface area contributed by atoms with E-state index in [1.807, 2.05) is 0 Å². The molecule has 6 nitrogen and oxygen atoms in total. The highest BCUT2D eigenvalue weighted by Crippen LogP contribution is 2.23. The van der Waals surface area contributed by atoms with Gasteiger partial charge in [-0.25, -0.2) is 4.79 Å². The van der Waals surface area contributed by atoms with E-state index in [1.165, 1.54) is 6.92 Å². The van der Waals surface area contributed by atoms with E-state index >= 15 is 0 Å². The lowest BCUT2D eigenvalue weighted by molar-refractivity contribution is 0.0734. The molecule has 2 N–H and O–H groups in total. The van der Waals surface area contributed by atoms with Crippen LogP contribution in [0.2, 0.25) is 0 Å². The molecule has 0 aliphatic rings. The third kappa shape index (κ3) is 4.65. The third-order valence-corrected chi connectivity index (χ3v) is 4.91. The van der Waals surface area contributed by atoms with Gasteiger partial charge in [0, 0.05) is 16.8 Å². The summed E-state index contributed by atoms with van der Waals surface area (Å²) in [5, 5.41) is 13.9. The van der Waals surface area contributed by atoms with Crippen molar-refractivity contribution in [1.82, 2.24) is 0 Å². The number of benzene rings is 4. The van der Waals surface area contributed by atoms with Crippen LogP contribution in [0.25, 0.3) is 10.8 Å². The maximum atomic E-state index is 12.5. The fourth-order valence-electron chi connectivity index (χ4n) is 3.22. The Morgan fingerprint density at radius 2 is 1.44 bits per heavy atom. The molecule has 4 aromatic carbocycles. The maximum Gasteiger partial charge on any atom is 0.343 e. The van der Waals surface area contributed by atoms with Gasteiger partial charge in [-0.2, -0.15) is 0 Å². The van der Waals surface area contributed by atoms with E-state index in [0.717, 1.165) is 10.8 Å². The van der Waals surface area contributed by atoms with Gasteiger partial charge < -0.3 is 15.2 Å². The molecule has 0 radical (unpaired) electrons. The zero-order valence-corrected chi connectivity index (χ0v) is 17.2. The smallest absolute Gasteiger partial charge is 0.343 e. The van der Waals surface area contributed by atoms with Crippen molar-refractivity contribution >= 4 is 34.1 Å². The molecule has 0 atom stereocenters. The Hall–Kier alpha value is -4.45. The Labute approximate surface area is 184 Å². The fraction of sp³-hybridized carbons (Fsp3) is 0.0385. The number of hydrogen-bond acceptors (Lipinski definition) is 5. The number of aromatic hydroxyl groups is 1. The number of phenolic OH excluding ortho intramolecular Hbond substituents is 1. The van der Waals surface area contributed by atoms with Crippen molar-refractivity contribution in [2.45, 2.75) is 6.92 Å². The molecule has 0 saturated heterocycles. The van der Waals surface area contributed by atoms with Crippen LogP contribution in [0, 0.1) is 0 Å². The number of ketones is 1. The van der Waals surface area contributed by atoms with Gasteiger partial charge in [-0.15, -0.1) is 0 Å². The summed E-state index contributed by atoms with van der Waals surface area (Å²) in [4.78, 5) is 36.4. The molecule has 1 amide bonds. The molecule has 0 unspecified atom stereocenters. The quantitative estimate of drug-likeness (QED) is 0.260. The van der Waals surface area contributed by atoms with E-state index < -0.39 is 5.97 Å². The summed E-state index contributed by atoms with van der Waals surface area (Å²) in [5.74, 6) is -0.489. The zero-order valence-electron chi connectivity index (χ0n) is 17.2. The van der Waals surface area contributed by atoms with Gasteiger partial charge in [0.2, 0.25) is 0 Å². The van der Waals surface area contributed by atoms with Gasteiger partial charge in [0.1, 0.15) is 11.5 Å². The van der Waals surface area contributed by atoms with Crippen molar-refractivity contribution in [1.29, 1.82) is 0 Å². The second kappa shape index (κ2) is 8.73. The summed E-state index contributed by atoms with van der Waals surface area (Å²) in [5.41, 5.74) is 1.74. The lowest BCUT2D eigenvalue weighted by Gasteiger charge is -2.08. The van der Waals surface area contributed by atoms with Crippen LogP contribution in [0.4, 0.5) is 5.69 Å². The summed E-state index contributed by atoms with van der Waals surface area (Å²) < 4.78 is 5.42. The van der Waals surface area contributed by atoms with E-state index in [4.69, 9.17) is 4.74 Å². The van der Waals surface area contributed by atoms with E-state index in [9.17, 15) is 19.5 Å². The topological polar surface area (TPSA) is 92.7 Å². The largest absolute Gasteiger partial charge is 0.508 e. The van der Waals surface area contributed by atoms with Crippen LogP contribution in [0.1, 0.15) is 38.0 Å². The van der Waals surface area contributed by atoms with Gasteiger partial charge in [0.15, 0.2) is 5.78 Å². The van der Waals surface area contributed by atoms with Crippen LogP contribution < -0.4 is 10.1 Å². The van der Waals surface area contributed by atoms with Crippen LogP contribution >= 0.6 is 0 Å². The van der Waals surface area contributed by atoms with Crippen molar-refractivity contribution in [2.75, 3.05) is 5.32 Å². The minimum atomic E-state index is -0.516. The molecule has 0 heterocycles. The molecule has 4 aromatic rings. The molecule has 0 aromatic heterocycles. The van der Waals surface area contributed by atoms with E-state index in [0.29, 0.717) is 28.1 Å². The molecular formula is C26H19NO5. The van der Waals surface area contributed by atoms with Crippen LogP contribution in [0.3, 0.4) is 0 Å². The van der Waals surface area contributed by atoms with Crippen LogP contribution in [0.15, 0.2) is 84.9 Å². The average Bonchev–Trinajstić information content (AvgIpc) is 2.80. The first-order valence-electron chi connectivity index (χ1n) is 9.86. The first kappa shape index (κ1) is 20.8. The first-order chi connectivity index (χ1) is 15.4. The van der Waals surface area contributed by atoms with Crippen LogP contribution in [-0.2, 0) is 0 Å². The van der Waals surface area contributed by atoms with Gasteiger partial charge >= 0.3 is 5.97 Å². The van der Waals surface area contributed by atoms with Gasteiger partial charge in [0.05, 0.1) is 5.56 Å². The predicted octanol–water partition coefficient (Wildman–Crippen LogP) is 5.22. The van der Waals surface area contributed by atoms with Gasteiger partial charge in [-0.1, -0.05) is 24.3 Å².